The second kappa shape index (κ2) is 3.49. The van der Waals surface area contributed by atoms with Crippen LogP contribution in [0.4, 0.5) is 0 Å². The molecule has 1 N–H and O–H groups in total. The topological polar surface area (TPSA) is 72.3 Å². The molecule has 0 amide bonds. The second-order valence-electron chi connectivity index (χ2n) is 3.04. The SMILES string of the molecule is Oc1ccsc1-c1nc(-c2ccco2)no1. The van der Waals surface area contributed by atoms with E-state index in [-0.39, 0.29) is 5.75 Å². The summed E-state index contributed by atoms with van der Waals surface area (Å²) < 4.78 is 10.2. The molecule has 0 radical (unpaired) electrons. The van der Waals surface area contributed by atoms with Crippen molar-refractivity contribution in [3.63, 3.8) is 0 Å². The molecule has 0 aliphatic carbocycles. The summed E-state index contributed by atoms with van der Waals surface area (Å²) in [4.78, 5) is 4.70. The van der Waals surface area contributed by atoms with Crippen molar-refractivity contribution in [1.29, 1.82) is 0 Å². The van der Waals surface area contributed by atoms with E-state index < -0.39 is 0 Å². The molecule has 80 valence electrons. The summed E-state index contributed by atoms with van der Waals surface area (Å²) in [6.45, 7) is 0. The average molecular weight is 234 g/mol. The molecule has 3 heterocycles. The molecule has 0 aromatic carbocycles. The van der Waals surface area contributed by atoms with Crippen molar-refractivity contribution in [2.75, 3.05) is 0 Å². The minimum absolute atomic E-state index is 0.139. The van der Waals surface area contributed by atoms with E-state index in [9.17, 15) is 5.11 Å². The molecule has 3 rings (SSSR count). The molecule has 5 nitrogen and oxygen atoms in total. The van der Waals surface area contributed by atoms with Crippen LogP contribution in [0.25, 0.3) is 22.4 Å². The quantitative estimate of drug-likeness (QED) is 0.738. The second-order valence-corrected chi connectivity index (χ2v) is 3.95. The molecule has 3 aromatic rings. The van der Waals surface area contributed by atoms with Crippen molar-refractivity contribution < 1.29 is 14.0 Å². The van der Waals surface area contributed by atoms with Gasteiger partial charge in [0, 0.05) is 0 Å². The fourth-order valence-corrected chi connectivity index (χ4v) is 1.99. The van der Waals surface area contributed by atoms with Crippen LogP contribution in [-0.2, 0) is 0 Å². The number of thiophene rings is 1. The zero-order chi connectivity index (χ0) is 11.0. The molecule has 0 unspecified atom stereocenters. The number of aromatic nitrogens is 2. The maximum Gasteiger partial charge on any atom is 0.272 e. The van der Waals surface area contributed by atoms with Crippen LogP contribution in [0, 0.1) is 0 Å². The highest BCUT2D eigenvalue weighted by molar-refractivity contribution is 7.13. The molecule has 6 heteroatoms. The lowest BCUT2D eigenvalue weighted by Crippen LogP contribution is -1.76. The van der Waals surface area contributed by atoms with E-state index in [2.05, 4.69) is 10.1 Å². The Balaban J connectivity index is 2.03. The van der Waals surface area contributed by atoms with Crippen molar-refractivity contribution in [2.24, 2.45) is 0 Å². The van der Waals surface area contributed by atoms with Crippen LogP contribution < -0.4 is 0 Å². The van der Waals surface area contributed by atoms with Crippen molar-refractivity contribution in [3.8, 4) is 28.1 Å². The Morgan fingerprint density at radius 2 is 2.25 bits per heavy atom. The third kappa shape index (κ3) is 1.40. The lowest BCUT2D eigenvalue weighted by atomic mass is 10.4. The van der Waals surface area contributed by atoms with Gasteiger partial charge in [-0.2, -0.15) is 4.98 Å². The number of nitrogens with zero attached hydrogens (tertiary/aromatic N) is 2. The minimum Gasteiger partial charge on any atom is -0.506 e. The number of rotatable bonds is 2. The molecule has 0 aliphatic rings. The Bertz CT molecular complexity index is 597. The molecule has 16 heavy (non-hydrogen) atoms. The molecule has 0 aliphatic heterocycles. The highest BCUT2D eigenvalue weighted by atomic mass is 32.1. The number of aromatic hydroxyl groups is 1. The van der Waals surface area contributed by atoms with Gasteiger partial charge >= 0.3 is 0 Å². The van der Waals surface area contributed by atoms with Crippen LogP contribution in [0.5, 0.6) is 5.75 Å². The summed E-state index contributed by atoms with van der Waals surface area (Å²) in [7, 11) is 0. The van der Waals surface area contributed by atoms with E-state index in [0.717, 1.165) is 0 Å². The van der Waals surface area contributed by atoms with E-state index in [0.29, 0.717) is 22.4 Å². The van der Waals surface area contributed by atoms with Crippen LogP contribution in [0.3, 0.4) is 0 Å². The summed E-state index contributed by atoms with van der Waals surface area (Å²) in [5.41, 5.74) is 0. The van der Waals surface area contributed by atoms with Gasteiger partial charge < -0.3 is 14.0 Å². The van der Waals surface area contributed by atoms with E-state index in [1.54, 1.807) is 23.6 Å². The first kappa shape index (κ1) is 9.17. The monoisotopic (exact) mass is 234 g/mol. The lowest BCUT2D eigenvalue weighted by molar-refractivity contribution is 0.425. The molecule has 0 bridgehead atoms. The number of furan rings is 1. The lowest BCUT2D eigenvalue weighted by Gasteiger charge is -1.87. The molecule has 0 saturated carbocycles. The third-order valence-electron chi connectivity index (χ3n) is 2.01. The first-order valence-corrected chi connectivity index (χ1v) is 5.37. The largest absolute Gasteiger partial charge is 0.506 e. The van der Waals surface area contributed by atoms with Crippen molar-refractivity contribution in [2.45, 2.75) is 0 Å². The van der Waals surface area contributed by atoms with Gasteiger partial charge in [-0.05, 0) is 23.6 Å². The van der Waals surface area contributed by atoms with Crippen LogP contribution in [-0.4, -0.2) is 15.2 Å². The van der Waals surface area contributed by atoms with Crippen molar-refractivity contribution in [3.05, 3.63) is 29.8 Å². The van der Waals surface area contributed by atoms with Crippen LogP contribution >= 0.6 is 11.3 Å². The average Bonchev–Trinajstić information content (AvgIpc) is 2.96. The first-order chi connectivity index (χ1) is 7.84. The fraction of sp³-hybridized carbons (Fsp3) is 0. The predicted molar refractivity (Wildman–Crippen MR) is 57.0 cm³/mol. The van der Waals surface area contributed by atoms with Crippen LogP contribution in [0.2, 0.25) is 0 Å². The summed E-state index contributed by atoms with van der Waals surface area (Å²) in [5.74, 6) is 1.33. The predicted octanol–water partition coefficient (Wildman–Crippen LogP) is 2.76. The summed E-state index contributed by atoms with van der Waals surface area (Å²) in [5, 5.41) is 15.0. The van der Waals surface area contributed by atoms with Gasteiger partial charge in [0.1, 0.15) is 10.6 Å². The molecule has 0 spiro atoms. The highest BCUT2D eigenvalue weighted by Gasteiger charge is 2.16. The van der Waals surface area contributed by atoms with Gasteiger partial charge in [-0.25, -0.2) is 0 Å². The molecule has 3 aromatic heterocycles. The van der Waals surface area contributed by atoms with Gasteiger partial charge in [-0.3, -0.25) is 0 Å². The van der Waals surface area contributed by atoms with E-state index in [4.69, 9.17) is 8.94 Å². The number of hydrogen-bond acceptors (Lipinski definition) is 6. The normalized spacial score (nSPS) is 10.8. The summed E-state index contributed by atoms with van der Waals surface area (Å²) in [6.07, 6.45) is 1.54. The third-order valence-corrected chi connectivity index (χ3v) is 2.90. The van der Waals surface area contributed by atoms with Gasteiger partial charge in [0.15, 0.2) is 5.76 Å². The standard InChI is InChI=1S/C10H6N2O3S/c13-6-3-5-16-8(6)10-11-9(12-15-10)7-2-1-4-14-7/h1-5,13H. The summed E-state index contributed by atoms with van der Waals surface area (Å²) in [6, 6.07) is 5.06. The zero-order valence-electron chi connectivity index (χ0n) is 7.95. The minimum atomic E-state index is 0.139. The van der Waals surface area contributed by atoms with Crippen molar-refractivity contribution >= 4 is 11.3 Å². The smallest absolute Gasteiger partial charge is 0.272 e. The fourth-order valence-electron chi connectivity index (χ4n) is 1.28. The molecule has 0 saturated heterocycles. The highest BCUT2D eigenvalue weighted by Crippen LogP contribution is 2.34. The Kier molecular flexibility index (Phi) is 2.00. The molecule has 0 fully saturated rings. The van der Waals surface area contributed by atoms with Gasteiger partial charge in [0.05, 0.1) is 6.26 Å². The Labute approximate surface area is 94.0 Å². The maximum absolute atomic E-state index is 9.50. The number of hydrogen-bond donors (Lipinski definition) is 1. The Morgan fingerprint density at radius 1 is 1.31 bits per heavy atom. The van der Waals surface area contributed by atoms with Gasteiger partial charge in [-0.1, -0.05) is 5.16 Å². The maximum atomic E-state index is 9.50. The first-order valence-electron chi connectivity index (χ1n) is 4.49. The van der Waals surface area contributed by atoms with Crippen LogP contribution in [0.1, 0.15) is 0 Å². The van der Waals surface area contributed by atoms with Crippen molar-refractivity contribution in [1.82, 2.24) is 10.1 Å². The molecular formula is C10H6N2O3S. The Morgan fingerprint density at radius 3 is 2.94 bits per heavy atom. The summed E-state index contributed by atoms with van der Waals surface area (Å²) >= 11 is 1.34. The van der Waals surface area contributed by atoms with E-state index in [1.807, 2.05) is 0 Å². The van der Waals surface area contributed by atoms with Gasteiger partial charge in [0.25, 0.3) is 5.89 Å². The molecule has 0 atom stereocenters. The zero-order valence-corrected chi connectivity index (χ0v) is 8.77. The Hall–Kier alpha value is -2.08. The van der Waals surface area contributed by atoms with Gasteiger partial charge in [0.2, 0.25) is 5.82 Å². The van der Waals surface area contributed by atoms with E-state index >= 15 is 0 Å². The van der Waals surface area contributed by atoms with Crippen LogP contribution in [0.15, 0.2) is 38.8 Å². The molecular weight excluding hydrogens is 228 g/mol. The van der Waals surface area contributed by atoms with Gasteiger partial charge in [-0.15, -0.1) is 11.3 Å². The van der Waals surface area contributed by atoms with E-state index in [1.165, 1.54) is 17.6 Å².